The Morgan fingerprint density at radius 2 is 1.83 bits per heavy atom. The maximum atomic E-state index is 12.1. The van der Waals surface area contributed by atoms with Crippen molar-refractivity contribution in [1.82, 2.24) is 10.6 Å². The molecule has 0 aromatic heterocycles. The summed E-state index contributed by atoms with van der Waals surface area (Å²) in [6, 6.07) is 7.37. The number of nitrogens with one attached hydrogen (secondary N) is 2. The van der Waals surface area contributed by atoms with Gasteiger partial charge in [0.15, 0.2) is 0 Å². The van der Waals surface area contributed by atoms with Gasteiger partial charge in [-0.15, -0.1) is 0 Å². The molecule has 0 aliphatic heterocycles. The SMILES string of the molecule is CCC(C)C(O)CNC(=O)CC(NC(C)=O)c1ccc(C)cc1. The van der Waals surface area contributed by atoms with E-state index in [-0.39, 0.29) is 36.7 Å². The normalized spacial score (nSPS) is 14.7. The first kappa shape index (κ1) is 19.2. The van der Waals surface area contributed by atoms with Crippen molar-refractivity contribution in [2.45, 2.75) is 52.7 Å². The van der Waals surface area contributed by atoms with Crippen molar-refractivity contribution in [2.75, 3.05) is 6.54 Å². The van der Waals surface area contributed by atoms with Crippen molar-refractivity contribution in [1.29, 1.82) is 0 Å². The van der Waals surface area contributed by atoms with E-state index in [1.54, 1.807) is 0 Å². The Morgan fingerprint density at radius 1 is 1.22 bits per heavy atom. The molecule has 0 bridgehead atoms. The van der Waals surface area contributed by atoms with Crippen molar-refractivity contribution in [3.05, 3.63) is 35.4 Å². The number of aliphatic hydroxyl groups excluding tert-OH is 1. The Labute approximate surface area is 138 Å². The number of aryl methyl sites for hydroxylation is 1. The molecule has 1 aromatic carbocycles. The molecule has 0 radical (unpaired) electrons. The monoisotopic (exact) mass is 320 g/mol. The highest BCUT2D eigenvalue weighted by Crippen LogP contribution is 2.17. The lowest BCUT2D eigenvalue weighted by Gasteiger charge is -2.20. The standard InChI is InChI=1S/C18H28N2O3/c1-5-13(3)17(22)11-19-18(23)10-16(20-14(4)21)15-8-6-12(2)7-9-15/h6-9,13,16-17,22H,5,10-11H2,1-4H3,(H,19,23)(H,20,21). The van der Waals surface area contributed by atoms with Gasteiger partial charge in [-0.05, 0) is 18.4 Å². The minimum atomic E-state index is -0.553. The van der Waals surface area contributed by atoms with E-state index in [9.17, 15) is 14.7 Å². The zero-order valence-electron chi connectivity index (χ0n) is 14.4. The quantitative estimate of drug-likeness (QED) is 0.686. The van der Waals surface area contributed by atoms with Gasteiger partial charge in [0.1, 0.15) is 0 Å². The lowest BCUT2D eigenvalue weighted by molar-refractivity contribution is -0.123. The van der Waals surface area contributed by atoms with Gasteiger partial charge in [-0.3, -0.25) is 9.59 Å². The number of carbonyl (C=O) groups excluding carboxylic acids is 2. The lowest BCUT2D eigenvalue weighted by Crippen LogP contribution is -2.38. The molecule has 0 fully saturated rings. The van der Waals surface area contributed by atoms with Crippen LogP contribution in [0.1, 0.15) is 50.8 Å². The number of amides is 2. The first-order valence-corrected chi connectivity index (χ1v) is 8.11. The van der Waals surface area contributed by atoms with Crippen molar-refractivity contribution in [3.63, 3.8) is 0 Å². The molecule has 1 aromatic rings. The van der Waals surface area contributed by atoms with E-state index in [0.29, 0.717) is 0 Å². The molecule has 3 unspecified atom stereocenters. The summed E-state index contributed by atoms with van der Waals surface area (Å²) in [6.07, 6.45) is 0.452. The molecule has 128 valence electrons. The predicted molar refractivity (Wildman–Crippen MR) is 90.8 cm³/mol. The molecule has 0 saturated heterocycles. The molecule has 5 nitrogen and oxygen atoms in total. The average molecular weight is 320 g/mol. The second-order valence-electron chi connectivity index (χ2n) is 6.12. The molecule has 2 amide bonds. The average Bonchev–Trinajstić information content (AvgIpc) is 2.51. The molecule has 23 heavy (non-hydrogen) atoms. The van der Waals surface area contributed by atoms with E-state index in [4.69, 9.17) is 0 Å². The molecule has 0 aliphatic carbocycles. The zero-order valence-corrected chi connectivity index (χ0v) is 14.4. The lowest BCUT2D eigenvalue weighted by atomic mass is 10.0. The van der Waals surface area contributed by atoms with Crippen LogP contribution in [-0.2, 0) is 9.59 Å². The van der Waals surface area contributed by atoms with E-state index in [2.05, 4.69) is 10.6 Å². The highest BCUT2D eigenvalue weighted by molar-refractivity contribution is 5.79. The van der Waals surface area contributed by atoms with Gasteiger partial charge < -0.3 is 15.7 Å². The summed E-state index contributed by atoms with van der Waals surface area (Å²) in [7, 11) is 0. The Balaban J connectivity index is 2.64. The van der Waals surface area contributed by atoms with Crippen LogP contribution in [-0.4, -0.2) is 29.6 Å². The maximum Gasteiger partial charge on any atom is 0.222 e. The third-order valence-electron chi connectivity index (χ3n) is 4.06. The second-order valence-corrected chi connectivity index (χ2v) is 6.12. The Kier molecular flexibility index (Phi) is 7.75. The number of aliphatic hydroxyl groups is 1. The number of hydrogen-bond acceptors (Lipinski definition) is 3. The van der Waals surface area contributed by atoms with Crippen LogP contribution in [0, 0.1) is 12.8 Å². The van der Waals surface area contributed by atoms with E-state index >= 15 is 0 Å². The zero-order chi connectivity index (χ0) is 17.4. The molecule has 3 N–H and O–H groups in total. The summed E-state index contributed by atoms with van der Waals surface area (Å²) >= 11 is 0. The number of rotatable bonds is 8. The van der Waals surface area contributed by atoms with Gasteiger partial charge in [-0.25, -0.2) is 0 Å². The van der Waals surface area contributed by atoms with Crippen LogP contribution in [0.15, 0.2) is 24.3 Å². The van der Waals surface area contributed by atoms with Gasteiger partial charge in [-0.2, -0.15) is 0 Å². The largest absolute Gasteiger partial charge is 0.391 e. The molecular weight excluding hydrogens is 292 g/mol. The van der Waals surface area contributed by atoms with E-state index < -0.39 is 6.10 Å². The first-order valence-electron chi connectivity index (χ1n) is 8.11. The van der Waals surface area contributed by atoms with Crippen LogP contribution in [0.25, 0.3) is 0 Å². The summed E-state index contributed by atoms with van der Waals surface area (Å²) in [5.41, 5.74) is 2.01. The second kappa shape index (κ2) is 9.30. The van der Waals surface area contributed by atoms with E-state index in [1.807, 2.05) is 45.0 Å². The fourth-order valence-electron chi connectivity index (χ4n) is 2.25. The van der Waals surface area contributed by atoms with Crippen LogP contribution in [0.3, 0.4) is 0 Å². The molecule has 0 spiro atoms. The van der Waals surface area contributed by atoms with E-state index in [0.717, 1.165) is 17.5 Å². The smallest absolute Gasteiger partial charge is 0.222 e. The maximum absolute atomic E-state index is 12.1. The third-order valence-corrected chi connectivity index (χ3v) is 4.06. The van der Waals surface area contributed by atoms with Crippen LogP contribution < -0.4 is 10.6 Å². The van der Waals surface area contributed by atoms with Crippen molar-refractivity contribution >= 4 is 11.8 Å². The minimum Gasteiger partial charge on any atom is -0.391 e. The van der Waals surface area contributed by atoms with Gasteiger partial charge in [0.05, 0.1) is 18.6 Å². The molecule has 0 aliphatic rings. The molecule has 5 heteroatoms. The summed E-state index contributed by atoms with van der Waals surface area (Å²) in [4.78, 5) is 23.5. The molecule has 1 rings (SSSR count). The number of benzene rings is 1. The summed E-state index contributed by atoms with van der Waals surface area (Å²) in [5, 5.41) is 15.5. The molecular formula is C18H28N2O3. The van der Waals surface area contributed by atoms with Gasteiger partial charge in [0.25, 0.3) is 0 Å². The highest BCUT2D eigenvalue weighted by atomic mass is 16.3. The topological polar surface area (TPSA) is 78.4 Å². The molecule has 3 atom stereocenters. The van der Waals surface area contributed by atoms with E-state index in [1.165, 1.54) is 6.92 Å². The summed E-state index contributed by atoms with van der Waals surface area (Å²) in [6.45, 7) is 7.60. The van der Waals surface area contributed by atoms with Crippen molar-refractivity contribution in [2.24, 2.45) is 5.92 Å². The Bertz CT molecular complexity index is 514. The number of carbonyl (C=O) groups is 2. The highest BCUT2D eigenvalue weighted by Gasteiger charge is 2.18. The fourth-order valence-corrected chi connectivity index (χ4v) is 2.25. The van der Waals surface area contributed by atoms with Gasteiger partial charge >= 0.3 is 0 Å². The van der Waals surface area contributed by atoms with Crippen molar-refractivity contribution < 1.29 is 14.7 Å². The van der Waals surface area contributed by atoms with Gasteiger partial charge in [0, 0.05) is 13.5 Å². The summed E-state index contributed by atoms with van der Waals surface area (Å²) in [5.74, 6) is -0.228. The minimum absolute atomic E-state index is 0.138. The van der Waals surface area contributed by atoms with Gasteiger partial charge in [0.2, 0.25) is 11.8 Å². The molecule has 0 saturated carbocycles. The fraction of sp³-hybridized carbons (Fsp3) is 0.556. The first-order chi connectivity index (χ1) is 10.8. The third kappa shape index (κ3) is 6.82. The Morgan fingerprint density at radius 3 is 2.35 bits per heavy atom. The molecule has 0 heterocycles. The van der Waals surface area contributed by atoms with Crippen LogP contribution in [0.5, 0.6) is 0 Å². The van der Waals surface area contributed by atoms with Gasteiger partial charge in [-0.1, -0.05) is 50.1 Å². The predicted octanol–water partition coefficient (Wildman–Crippen LogP) is 2.09. The summed E-state index contributed by atoms with van der Waals surface area (Å²) < 4.78 is 0. The van der Waals surface area contributed by atoms with Crippen LogP contribution in [0.4, 0.5) is 0 Å². The Hall–Kier alpha value is -1.88. The van der Waals surface area contributed by atoms with Crippen LogP contribution >= 0.6 is 0 Å². The van der Waals surface area contributed by atoms with Crippen LogP contribution in [0.2, 0.25) is 0 Å². The number of hydrogen-bond donors (Lipinski definition) is 3. The van der Waals surface area contributed by atoms with Crippen molar-refractivity contribution in [3.8, 4) is 0 Å².